The Kier molecular flexibility index (Phi) is 6.30. The van der Waals surface area contributed by atoms with Gasteiger partial charge in [-0.05, 0) is 41.8 Å². The minimum atomic E-state index is -3.36. The molecule has 2 N–H and O–H groups in total. The average Bonchev–Trinajstić information content (AvgIpc) is 3.15. The Hall–Kier alpha value is -3.16. The fourth-order valence-electron chi connectivity index (χ4n) is 3.81. The second kappa shape index (κ2) is 9.14. The van der Waals surface area contributed by atoms with Crippen LogP contribution in [-0.4, -0.2) is 20.4 Å². The normalized spacial score (nSPS) is 12.0. The highest BCUT2D eigenvalue weighted by molar-refractivity contribution is 7.88. The van der Waals surface area contributed by atoms with Crippen molar-refractivity contribution >= 4 is 37.7 Å². The van der Waals surface area contributed by atoms with Gasteiger partial charge in [0.25, 0.3) is 0 Å². The number of benzene rings is 3. The Bertz CT molecular complexity index is 1360. The lowest BCUT2D eigenvalue weighted by molar-refractivity contribution is -0.120. The van der Waals surface area contributed by atoms with Crippen molar-refractivity contribution in [1.82, 2.24) is 10.0 Å². The molecule has 0 bridgehead atoms. The van der Waals surface area contributed by atoms with Crippen LogP contribution >= 0.6 is 0 Å². The predicted octanol–water partition coefficient (Wildman–Crippen LogP) is 4.27. The number of amides is 1. The van der Waals surface area contributed by atoms with Gasteiger partial charge in [-0.2, -0.15) is 0 Å². The standard InChI is InChI=1S/C25H26N2O4S/c1-17(2)27-32(29,30)16-19-9-7-18(8-10-19)14-26-24(28)13-21-15-31-23-12-11-20-5-3-4-6-22(20)25(21)23/h3-12,15,17,27H,13-14,16H2,1-2H3,(H,26,28). The molecule has 4 rings (SSSR count). The number of carbonyl (C=O) groups is 1. The molecule has 1 amide bonds. The van der Waals surface area contributed by atoms with Gasteiger partial charge in [0.1, 0.15) is 5.58 Å². The molecular weight excluding hydrogens is 424 g/mol. The van der Waals surface area contributed by atoms with Crippen molar-refractivity contribution in [1.29, 1.82) is 0 Å². The van der Waals surface area contributed by atoms with Crippen LogP contribution in [0.5, 0.6) is 0 Å². The minimum absolute atomic E-state index is 0.0701. The highest BCUT2D eigenvalue weighted by Gasteiger charge is 2.14. The van der Waals surface area contributed by atoms with E-state index >= 15 is 0 Å². The fraction of sp³-hybridized carbons (Fsp3) is 0.240. The van der Waals surface area contributed by atoms with Crippen LogP contribution in [0.1, 0.15) is 30.5 Å². The lowest BCUT2D eigenvalue weighted by Crippen LogP contribution is -2.31. The molecule has 0 aliphatic carbocycles. The summed E-state index contributed by atoms with van der Waals surface area (Å²) in [6.45, 7) is 3.95. The van der Waals surface area contributed by atoms with E-state index in [2.05, 4.69) is 10.0 Å². The molecule has 7 heteroatoms. The van der Waals surface area contributed by atoms with Crippen LogP contribution in [0, 0.1) is 0 Å². The molecule has 166 valence electrons. The summed E-state index contributed by atoms with van der Waals surface area (Å²) in [5, 5.41) is 6.08. The summed E-state index contributed by atoms with van der Waals surface area (Å²) < 4.78 is 32.4. The van der Waals surface area contributed by atoms with Crippen molar-refractivity contribution in [3.05, 3.63) is 83.6 Å². The summed E-state index contributed by atoms with van der Waals surface area (Å²) in [5.41, 5.74) is 3.22. The van der Waals surface area contributed by atoms with Gasteiger partial charge in [-0.25, -0.2) is 13.1 Å². The topological polar surface area (TPSA) is 88.4 Å². The van der Waals surface area contributed by atoms with Gasteiger partial charge in [0.15, 0.2) is 0 Å². The largest absolute Gasteiger partial charge is 0.464 e. The van der Waals surface area contributed by atoms with Crippen LogP contribution < -0.4 is 10.0 Å². The predicted molar refractivity (Wildman–Crippen MR) is 127 cm³/mol. The Balaban J connectivity index is 1.39. The smallest absolute Gasteiger partial charge is 0.224 e. The summed E-state index contributed by atoms with van der Waals surface area (Å²) in [6.07, 6.45) is 1.87. The number of sulfonamides is 1. The Morgan fingerprint density at radius 3 is 2.44 bits per heavy atom. The van der Waals surface area contributed by atoms with E-state index in [0.717, 1.165) is 32.9 Å². The number of rotatable bonds is 8. The molecule has 6 nitrogen and oxygen atoms in total. The molecule has 0 unspecified atom stereocenters. The highest BCUT2D eigenvalue weighted by atomic mass is 32.2. The SMILES string of the molecule is CC(C)NS(=O)(=O)Cc1ccc(CNC(=O)Cc2coc3ccc4ccccc4c23)cc1. The maximum absolute atomic E-state index is 12.6. The number of fused-ring (bicyclic) bond motifs is 3. The summed E-state index contributed by atoms with van der Waals surface area (Å²) in [5.74, 6) is -0.173. The molecule has 0 aliphatic heterocycles. The zero-order valence-corrected chi connectivity index (χ0v) is 18.9. The van der Waals surface area contributed by atoms with Crippen LogP contribution in [0.2, 0.25) is 0 Å². The van der Waals surface area contributed by atoms with E-state index in [-0.39, 0.29) is 24.1 Å². The number of hydrogen-bond donors (Lipinski definition) is 2. The monoisotopic (exact) mass is 450 g/mol. The zero-order chi connectivity index (χ0) is 22.7. The number of hydrogen-bond acceptors (Lipinski definition) is 4. The van der Waals surface area contributed by atoms with Gasteiger partial charge >= 0.3 is 0 Å². The van der Waals surface area contributed by atoms with E-state index in [1.807, 2.05) is 48.5 Å². The molecule has 3 aromatic carbocycles. The van der Waals surface area contributed by atoms with Crippen LogP contribution in [0.15, 0.2) is 71.3 Å². The highest BCUT2D eigenvalue weighted by Crippen LogP contribution is 2.30. The molecule has 1 heterocycles. The first-order valence-corrected chi connectivity index (χ1v) is 12.2. The van der Waals surface area contributed by atoms with Crippen LogP contribution in [-0.2, 0) is 33.5 Å². The van der Waals surface area contributed by atoms with Crippen molar-refractivity contribution in [2.75, 3.05) is 0 Å². The van der Waals surface area contributed by atoms with Crippen molar-refractivity contribution in [3.63, 3.8) is 0 Å². The summed E-state index contributed by atoms with van der Waals surface area (Å²) in [6, 6.07) is 19.1. The number of carbonyl (C=O) groups excluding carboxylic acids is 1. The van der Waals surface area contributed by atoms with E-state index in [1.54, 1.807) is 32.2 Å². The first kappa shape index (κ1) is 22.0. The molecule has 32 heavy (non-hydrogen) atoms. The third kappa shape index (κ3) is 5.18. The molecule has 0 saturated carbocycles. The zero-order valence-electron chi connectivity index (χ0n) is 18.1. The summed E-state index contributed by atoms with van der Waals surface area (Å²) >= 11 is 0. The average molecular weight is 451 g/mol. The molecule has 0 spiro atoms. The van der Waals surface area contributed by atoms with Gasteiger partial charge in [0, 0.05) is 23.5 Å². The van der Waals surface area contributed by atoms with Crippen LogP contribution in [0.25, 0.3) is 21.7 Å². The van der Waals surface area contributed by atoms with E-state index in [4.69, 9.17) is 4.42 Å². The third-order valence-electron chi connectivity index (χ3n) is 5.18. The van der Waals surface area contributed by atoms with Crippen molar-refractivity contribution in [2.45, 2.75) is 38.6 Å². The molecule has 0 saturated heterocycles. The van der Waals surface area contributed by atoms with Gasteiger partial charge in [-0.3, -0.25) is 4.79 Å². The number of nitrogens with one attached hydrogen (secondary N) is 2. The lowest BCUT2D eigenvalue weighted by Gasteiger charge is -2.10. The Labute approximate surface area is 187 Å². The van der Waals surface area contributed by atoms with Gasteiger partial charge in [-0.1, -0.05) is 54.6 Å². The minimum Gasteiger partial charge on any atom is -0.464 e. The van der Waals surface area contributed by atoms with E-state index < -0.39 is 10.0 Å². The molecular formula is C25H26N2O4S. The first-order valence-electron chi connectivity index (χ1n) is 10.5. The molecule has 1 aromatic heterocycles. The van der Waals surface area contributed by atoms with Crippen LogP contribution in [0.4, 0.5) is 0 Å². The molecule has 0 radical (unpaired) electrons. The van der Waals surface area contributed by atoms with Gasteiger partial charge < -0.3 is 9.73 Å². The van der Waals surface area contributed by atoms with Gasteiger partial charge in [-0.15, -0.1) is 0 Å². The summed E-state index contributed by atoms with van der Waals surface area (Å²) in [7, 11) is -3.36. The van der Waals surface area contributed by atoms with E-state index in [1.165, 1.54) is 0 Å². The second-order valence-electron chi connectivity index (χ2n) is 8.22. The second-order valence-corrected chi connectivity index (χ2v) is 9.98. The maximum Gasteiger partial charge on any atom is 0.224 e. The molecule has 0 aliphatic rings. The van der Waals surface area contributed by atoms with Gasteiger partial charge in [0.2, 0.25) is 15.9 Å². The molecule has 4 aromatic rings. The maximum atomic E-state index is 12.6. The van der Waals surface area contributed by atoms with Crippen molar-refractivity contribution in [2.24, 2.45) is 0 Å². The quantitative estimate of drug-likeness (QED) is 0.420. The third-order valence-corrected chi connectivity index (χ3v) is 6.72. The lowest BCUT2D eigenvalue weighted by atomic mass is 10.0. The summed E-state index contributed by atoms with van der Waals surface area (Å²) in [4.78, 5) is 12.6. The Morgan fingerprint density at radius 2 is 1.69 bits per heavy atom. The Morgan fingerprint density at radius 1 is 0.969 bits per heavy atom. The van der Waals surface area contributed by atoms with Crippen LogP contribution in [0.3, 0.4) is 0 Å². The van der Waals surface area contributed by atoms with Gasteiger partial charge in [0.05, 0.1) is 18.4 Å². The van der Waals surface area contributed by atoms with Crippen molar-refractivity contribution < 1.29 is 17.6 Å². The first-order chi connectivity index (χ1) is 15.3. The fourth-order valence-corrected chi connectivity index (χ4v) is 5.25. The van der Waals surface area contributed by atoms with E-state index in [0.29, 0.717) is 12.1 Å². The number of furan rings is 1. The van der Waals surface area contributed by atoms with Crippen molar-refractivity contribution in [3.8, 4) is 0 Å². The molecule has 0 atom stereocenters. The van der Waals surface area contributed by atoms with E-state index in [9.17, 15) is 13.2 Å². The molecule has 0 fully saturated rings.